The minimum atomic E-state index is -4.37. The van der Waals surface area contributed by atoms with Crippen LogP contribution in [0.15, 0.2) is 28.7 Å². The van der Waals surface area contributed by atoms with Gasteiger partial charge in [0.15, 0.2) is 0 Å². The zero-order valence-corrected chi connectivity index (χ0v) is 16.2. The first-order valence-electron chi connectivity index (χ1n) is 8.89. The van der Waals surface area contributed by atoms with Crippen molar-refractivity contribution in [3.8, 4) is 0 Å². The highest BCUT2D eigenvalue weighted by atomic mass is 79.9. The summed E-state index contributed by atoms with van der Waals surface area (Å²) >= 11 is 3.34. The summed E-state index contributed by atoms with van der Waals surface area (Å²) in [5, 5.41) is 2.89. The molecule has 3 rings (SSSR count). The molecular formula is C18H21BrF3N3O2. The van der Waals surface area contributed by atoms with Gasteiger partial charge in [-0.15, -0.1) is 0 Å². The summed E-state index contributed by atoms with van der Waals surface area (Å²) in [5.74, 6) is -0.675. The summed E-state index contributed by atoms with van der Waals surface area (Å²) in [6.45, 7) is 0.0186. The Balaban J connectivity index is 1.49. The number of carbonyl (C=O) groups excluding carboxylic acids is 2. The molecule has 0 radical (unpaired) electrons. The zero-order valence-electron chi connectivity index (χ0n) is 14.6. The summed E-state index contributed by atoms with van der Waals surface area (Å²) in [7, 11) is 0. The number of halogens is 4. The smallest absolute Gasteiger partial charge is 0.332 e. The summed E-state index contributed by atoms with van der Waals surface area (Å²) in [4.78, 5) is 27.5. The molecular weight excluding hydrogens is 427 g/mol. The van der Waals surface area contributed by atoms with Crippen molar-refractivity contribution in [3.63, 3.8) is 0 Å². The van der Waals surface area contributed by atoms with Crippen molar-refractivity contribution in [2.75, 3.05) is 31.5 Å². The van der Waals surface area contributed by atoms with Crippen molar-refractivity contribution < 1.29 is 22.8 Å². The molecule has 148 valence electrons. The van der Waals surface area contributed by atoms with Gasteiger partial charge in [0, 0.05) is 22.6 Å². The standard InChI is InChI=1S/C18H21BrF3N3O2/c19-13-1-3-14(4-2-13)23-16(26)12-5-8-24(9-6-12)15-7-10-25(17(15)27)11-18(20,21)22/h1-4,12,15H,5-11H2,(H,23,26). The predicted molar refractivity (Wildman–Crippen MR) is 98.1 cm³/mol. The molecule has 2 aliphatic heterocycles. The van der Waals surface area contributed by atoms with Gasteiger partial charge in [0.2, 0.25) is 11.8 Å². The third kappa shape index (κ3) is 5.22. The quantitative estimate of drug-likeness (QED) is 0.770. The van der Waals surface area contributed by atoms with E-state index < -0.39 is 24.7 Å². The normalized spacial score (nSPS) is 22.3. The number of benzene rings is 1. The maximum absolute atomic E-state index is 12.5. The monoisotopic (exact) mass is 447 g/mol. The van der Waals surface area contributed by atoms with Crippen LogP contribution in [0.2, 0.25) is 0 Å². The average molecular weight is 448 g/mol. The van der Waals surface area contributed by atoms with Crippen LogP contribution in [0.4, 0.5) is 18.9 Å². The lowest BCUT2D eigenvalue weighted by molar-refractivity contribution is -0.159. The second-order valence-corrected chi connectivity index (χ2v) is 7.90. The Kier molecular flexibility index (Phi) is 6.10. The molecule has 2 fully saturated rings. The second-order valence-electron chi connectivity index (χ2n) is 6.99. The zero-order chi connectivity index (χ0) is 19.6. The van der Waals surface area contributed by atoms with E-state index in [1.54, 1.807) is 0 Å². The van der Waals surface area contributed by atoms with E-state index >= 15 is 0 Å². The van der Waals surface area contributed by atoms with Crippen LogP contribution in [-0.2, 0) is 9.59 Å². The van der Waals surface area contributed by atoms with Crippen LogP contribution < -0.4 is 5.32 Å². The Morgan fingerprint density at radius 2 is 1.74 bits per heavy atom. The lowest BCUT2D eigenvalue weighted by Crippen LogP contribution is -2.48. The van der Waals surface area contributed by atoms with Gasteiger partial charge in [-0.1, -0.05) is 15.9 Å². The lowest BCUT2D eigenvalue weighted by atomic mass is 9.94. The van der Waals surface area contributed by atoms with E-state index in [9.17, 15) is 22.8 Å². The number of alkyl halides is 3. The summed E-state index contributed by atoms with van der Waals surface area (Å²) in [5.41, 5.74) is 0.722. The second kappa shape index (κ2) is 8.18. The van der Waals surface area contributed by atoms with Crippen molar-refractivity contribution >= 4 is 33.4 Å². The van der Waals surface area contributed by atoms with E-state index in [2.05, 4.69) is 21.2 Å². The Morgan fingerprint density at radius 1 is 1.11 bits per heavy atom. The number of carbonyl (C=O) groups is 2. The summed E-state index contributed by atoms with van der Waals surface area (Å²) < 4.78 is 38.5. The number of amides is 2. The highest BCUT2D eigenvalue weighted by Gasteiger charge is 2.42. The first-order chi connectivity index (χ1) is 12.7. The third-order valence-corrected chi connectivity index (χ3v) is 5.62. The Hall–Kier alpha value is -1.61. The van der Waals surface area contributed by atoms with E-state index in [4.69, 9.17) is 0 Å². The van der Waals surface area contributed by atoms with E-state index in [0.717, 1.165) is 15.1 Å². The fourth-order valence-corrected chi connectivity index (χ4v) is 3.95. The molecule has 1 unspecified atom stereocenters. The predicted octanol–water partition coefficient (Wildman–Crippen LogP) is 3.26. The van der Waals surface area contributed by atoms with Crippen LogP contribution in [0, 0.1) is 5.92 Å². The number of hydrogen-bond acceptors (Lipinski definition) is 3. The van der Waals surface area contributed by atoms with Gasteiger partial charge < -0.3 is 10.2 Å². The molecule has 0 spiro atoms. The van der Waals surface area contributed by atoms with Crippen LogP contribution in [0.25, 0.3) is 0 Å². The molecule has 2 saturated heterocycles. The van der Waals surface area contributed by atoms with Gasteiger partial charge >= 0.3 is 6.18 Å². The Morgan fingerprint density at radius 3 is 2.33 bits per heavy atom. The highest BCUT2D eigenvalue weighted by Crippen LogP contribution is 2.27. The molecule has 5 nitrogen and oxygen atoms in total. The van der Waals surface area contributed by atoms with Gasteiger partial charge in [-0.2, -0.15) is 13.2 Å². The first kappa shape index (κ1) is 20.1. The molecule has 1 N–H and O–H groups in total. The van der Waals surface area contributed by atoms with Gasteiger partial charge in [0.1, 0.15) is 6.54 Å². The minimum Gasteiger partial charge on any atom is -0.332 e. The summed E-state index contributed by atoms with van der Waals surface area (Å²) in [6.07, 6.45) is -2.79. The largest absolute Gasteiger partial charge is 0.406 e. The van der Waals surface area contributed by atoms with Crippen molar-refractivity contribution in [3.05, 3.63) is 28.7 Å². The maximum Gasteiger partial charge on any atom is 0.406 e. The van der Waals surface area contributed by atoms with Crippen molar-refractivity contribution in [1.29, 1.82) is 0 Å². The van der Waals surface area contributed by atoms with Crippen molar-refractivity contribution in [1.82, 2.24) is 9.80 Å². The van der Waals surface area contributed by atoms with Crippen molar-refractivity contribution in [2.45, 2.75) is 31.5 Å². The van der Waals surface area contributed by atoms with Gasteiger partial charge in [0.05, 0.1) is 6.04 Å². The number of likely N-dealkylation sites (tertiary alicyclic amines) is 2. The van der Waals surface area contributed by atoms with Crippen LogP contribution in [0.5, 0.6) is 0 Å². The Bertz CT molecular complexity index is 688. The average Bonchev–Trinajstić information content (AvgIpc) is 2.96. The molecule has 0 aromatic heterocycles. The first-order valence-corrected chi connectivity index (χ1v) is 9.68. The molecule has 1 aromatic rings. The van der Waals surface area contributed by atoms with Crippen molar-refractivity contribution in [2.24, 2.45) is 5.92 Å². The molecule has 2 heterocycles. The van der Waals surface area contributed by atoms with Crippen LogP contribution in [-0.4, -0.2) is 60.0 Å². The van der Waals surface area contributed by atoms with E-state index in [0.29, 0.717) is 32.4 Å². The van der Waals surface area contributed by atoms with Gasteiger partial charge in [-0.25, -0.2) is 0 Å². The highest BCUT2D eigenvalue weighted by molar-refractivity contribution is 9.10. The number of anilines is 1. The molecule has 2 amide bonds. The topological polar surface area (TPSA) is 52.7 Å². The number of hydrogen-bond donors (Lipinski definition) is 1. The molecule has 27 heavy (non-hydrogen) atoms. The van der Waals surface area contributed by atoms with Crippen LogP contribution in [0.1, 0.15) is 19.3 Å². The molecule has 0 saturated carbocycles. The molecule has 9 heteroatoms. The fourth-order valence-electron chi connectivity index (χ4n) is 3.69. The van der Waals surface area contributed by atoms with E-state index in [-0.39, 0.29) is 18.4 Å². The van der Waals surface area contributed by atoms with Gasteiger partial charge in [-0.05, 0) is 56.6 Å². The fraction of sp³-hybridized carbons (Fsp3) is 0.556. The SMILES string of the molecule is O=C(Nc1ccc(Br)cc1)C1CCN(C2CCN(CC(F)(F)F)C2=O)CC1. The number of piperidine rings is 1. The lowest BCUT2D eigenvalue weighted by Gasteiger charge is -2.34. The number of nitrogens with zero attached hydrogens (tertiary/aromatic N) is 2. The Labute approximate surface area is 164 Å². The van der Waals surface area contributed by atoms with E-state index in [1.807, 2.05) is 29.2 Å². The molecule has 2 aliphatic rings. The molecule has 1 aromatic carbocycles. The van der Waals surface area contributed by atoms with Gasteiger partial charge in [-0.3, -0.25) is 14.5 Å². The molecule has 1 atom stereocenters. The molecule has 0 bridgehead atoms. The third-order valence-electron chi connectivity index (χ3n) is 5.09. The minimum absolute atomic E-state index is 0.0616. The number of nitrogens with one attached hydrogen (secondary N) is 1. The number of rotatable bonds is 4. The molecule has 0 aliphatic carbocycles. The van der Waals surface area contributed by atoms with E-state index in [1.165, 1.54) is 0 Å². The summed E-state index contributed by atoms with van der Waals surface area (Å²) in [6, 6.07) is 6.81. The van der Waals surface area contributed by atoms with Gasteiger partial charge in [0.25, 0.3) is 0 Å². The van der Waals surface area contributed by atoms with Crippen LogP contribution in [0.3, 0.4) is 0 Å². The maximum atomic E-state index is 12.5. The van der Waals surface area contributed by atoms with Crippen LogP contribution >= 0.6 is 15.9 Å².